The van der Waals surface area contributed by atoms with Crippen LogP contribution in [-0.4, -0.2) is 0 Å². The molecule has 0 amide bonds. The number of rotatable bonds is 5. The maximum atomic E-state index is 6.69. The van der Waals surface area contributed by atoms with Crippen molar-refractivity contribution in [2.24, 2.45) is 0 Å². The van der Waals surface area contributed by atoms with Crippen molar-refractivity contribution >= 4 is 92.1 Å². The highest BCUT2D eigenvalue weighted by Gasteiger charge is 2.23. The fourth-order valence-corrected chi connectivity index (χ4v) is 9.23. The number of furan rings is 1. The van der Waals surface area contributed by atoms with Crippen LogP contribution in [0.3, 0.4) is 0 Å². The van der Waals surface area contributed by atoms with Crippen LogP contribution in [-0.2, 0) is 0 Å². The molecule has 0 fully saturated rings. The minimum Gasteiger partial charge on any atom is -0.455 e. The van der Waals surface area contributed by atoms with Crippen LogP contribution in [0.4, 0.5) is 17.1 Å². The lowest BCUT2D eigenvalue weighted by atomic mass is 9.98. The van der Waals surface area contributed by atoms with Crippen molar-refractivity contribution in [1.29, 1.82) is 0 Å². The van der Waals surface area contributed by atoms with Crippen molar-refractivity contribution in [2.45, 2.75) is 0 Å². The molecule has 0 spiro atoms. The Morgan fingerprint density at radius 3 is 1.77 bits per heavy atom. The maximum Gasteiger partial charge on any atom is 0.143 e. The van der Waals surface area contributed by atoms with E-state index in [4.69, 9.17) is 4.42 Å². The monoisotopic (exact) mass is 693 g/mol. The van der Waals surface area contributed by atoms with Crippen LogP contribution in [0.5, 0.6) is 0 Å². The first-order valence-electron chi connectivity index (χ1n) is 18.0. The summed E-state index contributed by atoms with van der Waals surface area (Å²) in [5, 5.41) is 9.57. The van der Waals surface area contributed by atoms with Crippen LogP contribution >= 0.6 is 11.3 Å². The van der Waals surface area contributed by atoms with Gasteiger partial charge in [0.15, 0.2) is 0 Å². The van der Waals surface area contributed by atoms with Crippen molar-refractivity contribution in [3.05, 3.63) is 188 Å². The summed E-state index contributed by atoms with van der Waals surface area (Å²) in [5.41, 5.74) is 9.94. The van der Waals surface area contributed by atoms with Crippen molar-refractivity contribution < 1.29 is 4.42 Å². The van der Waals surface area contributed by atoms with Gasteiger partial charge < -0.3 is 9.32 Å². The molecule has 3 heteroatoms. The van der Waals surface area contributed by atoms with Gasteiger partial charge in [-0.15, -0.1) is 11.3 Å². The Morgan fingerprint density at radius 2 is 0.962 bits per heavy atom. The predicted molar refractivity (Wildman–Crippen MR) is 227 cm³/mol. The number of fused-ring (bicyclic) bond motifs is 9. The lowest BCUT2D eigenvalue weighted by Crippen LogP contribution is -2.10. The van der Waals surface area contributed by atoms with Gasteiger partial charge in [0.05, 0.1) is 16.8 Å². The molecule has 0 radical (unpaired) electrons. The molecule has 9 aromatic carbocycles. The Bertz CT molecular complexity index is 3170. The molecule has 0 bridgehead atoms. The average Bonchev–Trinajstić information content (AvgIpc) is 3.81. The summed E-state index contributed by atoms with van der Waals surface area (Å²) in [6, 6.07) is 68.0. The zero-order valence-corrected chi connectivity index (χ0v) is 29.5. The summed E-state index contributed by atoms with van der Waals surface area (Å²) in [6.45, 7) is 0. The highest BCUT2D eigenvalue weighted by atomic mass is 32.1. The molecule has 0 N–H and O–H groups in total. The molecule has 248 valence electrons. The van der Waals surface area contributed by atoms with E-state index in [-0.39, 0.29) is 0 Å². The Kier molecular flexibility index (Phi) is 6.76. The molecule has 11 rings (SSSR count). The normalized spacial score (nSPS) is 11.8. The Labute approximate surface area is 310 Å². The van der Waals surface area contributed by atoms with E-state index in [0.717, 1.165) is 44.4 Å². The zero-order chi connectivity index (χ0) is 34.9. The predicted octanol–water partition coefficient (Wildman–Crippen LogP) is 15.1. The van der Waals surface area contributed by atoms with Crippen LogP contribution in [0.1, 0.15) is 0 Å². The highest BCUT2D eigenvalue weighted by molar-refractivity contribution is 7.26. The van der Waals surface area contributed by atoms with Gasteiger partial charge in [-0.05, 0) is 93.0 Å². The number of nitrogens with zero attached hydrogens (tertiary/aromatic N) is 1. The van der Waals surface area contributed by atoms with Gasteiger partial charge in [-0.2, -0.15) is 0 Å². The molecule has 11 aromatic rings. The quantitative estimate of drug-likeness (QED) is 0.178. The zero-order valence-electron chi connectivity index (χ0n) is 28.7. The summed E-state index contributed by atoms with van der Waals surface area (Å²) in [6.07, 6.45) is 0. The van der Waals surface area contributed by atoms with Crippen LogP contribution in [0.15, 0.2) is 192 Å². The molecule has 0 saturated carbocycles. The number of benzene rings is 9. The van der Waals surface area contributed by atoms with Gasteiger partial charge in [-0.3, -0.25) is 0 Å². The largest absolute Gasteiger partial charge is 0.455 e. The number of thiophene rings is 1. The van der Waals surface area contributed by atoms with Gasteiger partial charge in [0.1, 0.15) is 11.2 Å². The van der Waals surface area contributed by atoms with E-state index < -0.39 is 0 Å². The van der Waals surface area contributed by atoms with Crippen LogP contribution in [0.2, 0.25) is 0 Å². The van der Waals surface area contributed by atoms with Gasteiger partial charge in [0, 0.05) is 36.6 Å². The Hall–Kier alpha value is -6.68. The third kappa shape index (κ3) is 4.86. The van der Waals surface area contributed by atoms with E-state index >= 15 is 0 Å². The van der Waals surface area contributed by atoms with Gasteiger partial charge in [-0.1, -0.05) is 133 Å². The second-order valence-corrected chi connectivity index (χ2v) is 14.8. The van der Waals surface area contributed by atoms with E-state index in [0.29, 0.717) is 0 Å². The van der Waals surface area contributed by atoms with Gasteiger partial charge in [-0.25, -0.2) is 0 Å². The molecule has 0 saturated heterocycles. The van der Waals surface area contributed by atoms with Crippen LogP contribution < -0.4 is 4.90 Å². The highest BCUT2D eigenvalue weighted by Crippen LogP contribution is 2.48. The lowest BCUT2D eigenvalue weighted by molar-refractivity contribution is 0.672. The maximum absolute atomic E-state index is 6.69. The molecule has 53 heavy (non-hydrogen) atoms. The molecule has 2 nitrogen and oxygen atoms in total. The van der Waals surface area contributed by atoms with Gasteiger partial charge in [0.25, 0.3) is 0 Å². The van der Waals surface area contributed by atoms with Crippen molar-refractivity contribution in [1.82, 2.24) is 0 Å². The first-order chi connectivity index (χ1) is 26.3. The summed E-state index contributed by atoms with van der Waals surface area (Å²) >= 11 is 1.85. The number of anilines is 3. The summed E-state index contributed by atoms with van der Waals surface area (Å²) in [5.74, 6) is 0. The van der Waals surface area contributed by atoms with Crippen LogP contribution in [0, 0.1) is 0 Å². The van der Waals surface area contributed by atoms with Gasteiger partial charge >= 0.3 is 0 Å². The molecule has 0 aliphatic rings. The standard InChI is InChI=1S/C50H31NOS/c1-2-11-37-31-38(24-23-32(37)9-1)35-21-19-33(20-22-35)34-25-28-39(29-26-34)51(44-15-8-18-47-49(44)41-13-5-6-17-46(41)53-47)43-14-7-16-45-48(43)42-30-27-36-10-3-4-12-40(36)50(42)52-45/h1-31H. The van der Waals surface area contributed by atoms with Gasteiger partial charge in [0.2, 0.25) is 0 Å². The third-order valence-corrected chi connectivity index (χ3v) is 11.8. The number of hydrogen-bond donors (Lipinski definition) is 0. The van der Waals surface area contributed by atoms with E-state index in [1.165, 1.54) is 58.6 Å². The number of hydrogen-bond acceptors (Lipinski definition) is 3. The molecule has 2 heterocycles. The molecule has 0 atom stereocenters. The second-order valence-electron chi connectivity index (χ2n) is 13.7. The fraction of sp³-hybridized carbons (Fsp3) is 0. The first-order valence-corrected chi connectivity index (χ1v) is 18.8. The molecule has 2 aromatic heterocycles. The van der Waals surface area contributed by atoms with E-state index in [1.807, 2.05) is 11.3 Å². The topological polar surface area (TPSA) is 16.4 Å². The Morgan fingerprint density at radius 1 is 0.377 bits per heavy atom. The minimum atomic E-state index is 0.879. The molecule has 0 aliphatic heterocycles. The van der Waals surface area contributed by atoms with Crippen molar-refractivity contribution in [2.75, 3.05) is 4.90 Å². The molecule has 0 aliphatic carbocycles. The molecular formula is C50H31NOS. The Balaban J connectivity index is 1.07. The summed E-state index contributed by atoms with van der Waals surface area (Å²) in [7, 11) is 0. The fourth-order valence-electron chi connectivity index (χ4n) is 8.10. The summed E-state index contributed by atoms with van der Waals surface area (Å²) < 4.78 is 9.24. The van der Waals surface area contributed by atoms with E-state index in [9.17, 15) is 0 Å². The van der Waals surface area contributed by atoms with E-state index in [2.05, 4.69) is 193 Å². The SMILES string of the molecule is c1ccc2cc(-c3ccc(-c4ccc(N(c5cccc6oc7c8ccccc8ccc7c56)c5cccc6sc7ccccc7c56)cc4)cc3)ccc2c1. The minimum absolute atomic E-state index is 0.879. The third-order valence-electron chi connectivity index (χ3n) is 10.7. The second kappa shape index (κ2) is 11.9. The first kappa shape index (κ1) is 30.0. The molecule has 0 unspecified atom stereocenters. The lowest BCUT2D eigenvalue weighted by Gasteiger charge is -2.27. The van der Waals surface area contributed by atoms with Crippen molar-refractivity contribution in [3.63, 3.8) is 0 Å². The van der Waals surface area contributed by atoms with Crippen LogP contribution in [0.25, 0.3) is 85.9 Å². The smallest absolute Gasteiger partial charge is 0.143 e. The van der Waals surface area contributed by atoms with E-state index in [1.54, 1.807) is 0 Å². The summed E-state index contributed by atoms with van der Waals surface area (Å²) in [4.78, 5) is 2.43. The molecular weight excluding hydrogens is 663 g/mol. The average molecular weight is 694 g/mol. The van der Waals surface area contributed by atoms with Crippen molar-refractivity contribution in [3.8, 4) is 22.3 Å².